The van der Waals surface area contributed by atoms with Gasteiger partial charge in [-0.1, -0.05) is 0 Å². The van der Waals surface area contributed by atoms with Crippen molar-refractivity contribution in [2.75, 3.05) is 13.2 Å². The molecule has 1 unspecified atom stereocenters. The lowest BCUT2D eigenvalue weighted by molar-refractivity contribution is -0.158. The number of esters is 1. The Morgan fingerprint density at radius 3 is 2.52 bits per heavy atom. The van der Waals surface area contributed by atoms with Crippen molar-refractivity contribution in [3.63, 3.8) is 0 Å². The Hall–Kier alpha value is -1.83. The summed E-state index contributed by atoms with van der Waals surface area (Å²) in [4.78, 5) is 34.4. The highest BCUT2D eigenvalue weighted by Gasteiger charge is 2.27. The van der Waals surface area contributed by atoms with Crippen molar-refractivity contribution < 1.29 is 29.0 Å². The second kappa shape index (κ2) is 7.26. The van der Waals surface area contributed by atoms with Crippen LogP contribution in [0.15, 0.2) is 0 Å². The Kier molecular flexibility index (Phi) is 5.95. The minimum Gasteiger partial charge on any atom is -0.480 e. The molecule has 0 aromatic heterocycles. The molecule has 2 atom stereocenters. The van der Waals surface area contributed by atoms with Crippen molar-refractivity contribution in [1.82, 2.24) is 10.6 Å². The fourth-order valence-electron chi connectivity index (χ4n) is 1.78. The average Bonchev–Trinajstić information content (AvgIpc) is 2.77. The third-order valence-electron chi connectivity index (χ3n) is 2.66. The standard InChI is InChI=1S/C13H22N2O6/c1-13(2,3)21-10(16)6-9(11(17)18)15-12(19)14-8-4-5-20-7-8/h8-9H,4-7H2,1-3H3,(H,17,18)(H2,14,15,19)/t8?,9-/m0/s1. The van der Waals surface area contributed by atoms with E-state index in [1.165, 1.54) is 0 Å². The van der Waals surface area contributed by atoms with Crippen LogP contribution in [0.5, 0.6) is 0 Å². The number of nitrogens with one attached hydrogen (secondary N) is 2. The Morgan fingerprint density at radius 2 is 2.05 bits per heavy atom. The second-order valence-electron chi connectivity index (χ2n) is 5.86. The van der Waals surface area contributed by atoms with E-state index in [1.54, 1.807) is 20.8 Å². The van der Waals surface area contributed by atoms with Crippen LogP contribution in [0.2, 0.25) is 0 Å². The van der Waals surface area contributed by atoms with Crippen molar-refractivity contribution in [3.8, 4) is 0 Å². The molecule has 1 saturated heterocycles. The van der Waals surface area contributed by atoms with Gasteiger partial charge in [0, 0.05) is 6.61 Å². The van der Waals surface area contributed by atoms with E-state index in [2.05, 4.69) is 10.6 Å². The Bertz CT molecular complexity index is 398. The highest BCUT2D eigenvalue weighted by atomic mass is 16.6. The van der Waals surface area contributed by atoms with E-state index in [9.17, 15) is 14.4 Å². The third kappa shape index (κ3) is 6.94. The first-order valence-electron chi connectivity index (χ1n) is 6.77. The van der Waals surface area contributed by atoms with Crippen LogP contribution in [-0.4, -0.2) is 54.0 Å². The number of hydrogen-bond acceptors (Lipinski definition) is 5. The van der Waals surface area contributed by atoms with Gasteiger partial charge in [0.25, 0.3) is 0 Å². The molecule has 1 heterocycles. The van der Waals surface area contributed by atoms with E-state index < -0.39 is 36.0 Å². The lowest BCUT2D eigenvalue weighted by Gasteiger charge is -2.21. The molecule has 1 aliphatic heterocycles. The predicted octanol–water partition coefficient (Wildman–Crippen LogP) is 0.260. The second-order valence-corrected chi connectivity index (χ2v) is 5.86. The number of rotatable bonds is 5. The Morgan fingerprint density at radius 1 is 1.38 bits per heavy atom. The molecule has 8 nitrogen and oxygen atoms in total. The topological polar surface area (TPSA) is 114 Å². The van der Waals surface area contributed by atoms with Gasteiger partial charge in [0.15, 0.2) is 0 Å². The molecule has 0 bridgehead atoms. The number of hydrogen-bond donors (Lipinski definition) is 3. The van der Waals surface area contributed by atoms with Gasteiger partial charge in [-0.05, 0) is 27.2 Å². The molecule has 120 valence electrons. The van der Waals surface area contributed by atoms with Gasteiger partial charge in [-0.25, -0.2) is 9.59 Å². The Balaban J connectivity index is 2.47. The molecule has 0 aromatic carbocycles. The molecular formula is C13H22N2O6. The molecule has 3 N–H and O–H groups in total. The van der Waals surface area contributed by atoms with Crippen LogP contribution in [0.1, 0.15) is 33.6 Å². The first-order valence-corrected chi connectivity index (χ1v) is 6.77. The summed E-state index contributed by atoms with van der Waals surface area (Å²) in [6, 6.07) is -2.11. The van der Waals surface area contributed by atoms with Gasteiger partial charge < -0.3 is 25.2 Å². The number of urea groups is 1. The SMILES string of the molecule is CC(C)(C)OC(=O)C[C@H](NC(=O)NC1CCOC1)C(=O)O. The summed E-state index contributed by atoms with van der Waals surface area (Å²) in [5.74, 6) is -1.97. The minimum absolute atomic E-state index is 0.138. The van der Waals surface area contributed by atoms with Gasteiger partial charge in [0.1, 0.15) is 11.6 Å². The average molecular weight is 302 g/mol. The first kappa shape index (κ1) is 17.2. The predicted molar refractivity (Wildman–Crippen MR) is 72.8 cm³/mol. The third-order valence-corrected chi connectivity index (χ3v) is 2.66. The summed E-state index contributed by atoms with van der Waals surface area (Å²) < 4.78 is 10.1. The summed E-state index contributed by atoms with van der Waals surface area (Å²) in [6.45, 7) is 6.01. The molecule has 1 fully saturated rings. The van der Waals surface area contributed by atoms with Crippen molar-refractivity contribution in [2.24, 2.45) is 0 Å². The summed E-state index contributed by atoms with van der Waals surface area (Å²) in [5.41, 5.74) is -0.705. The molecule has 0 spiro atoms. The zero-order chi connectivity index (χ0) is 16.0. The van der Waals surface area contributed by atoms with Crippen LogP contribution in [0.25, 0.3) is 0 Å². The Labute approximate surface area is 123 Å². The number of ether oxygens (including phenoxy) is 2. The summed E-state index contributed by atoms with van der Waals surface area (Å²) in [7, 11) is 0. The van der Waals surface area contributed by atoms with Crippen LogP contribution in [-0.2, 0) is 19.1 Å². The van der Waals surface area contributed by atoms with E-state index in [-0.39, 0.29) is 6.04 Å². The van der Waals surface area contributed by atoms with Crippen LogP contribution in [0.3, 0.4) is 0 Å². The smallest absolute Gasteiger partial charge is 0.326 e. The largest absolute Gasteiger partial charge is 0.480 e. The molecule has 1 rings (SSSR count). The van der Waals surface area contributed by atoms with E-state index in [0.29, 0.717) is 19.6 Å². The lowest BCUT2D eigenvalue weighted by Crippen LogP contribution is -2.50. The van der Waals surface area contributed by atoms with Gasteiger partial charge in [-0.3, -0.25) is 4.79 Å². The van der Waals surface area contributed by atoms with Crippen LogP contribution in [0.4, 0.5) is 4.79 Å². The molecule has 2 amide bonds. The molecule has 0 radical (unpaired) electrons. The van der Waals surface area contributed by atoms with Gasteiger partial charge in [-0.2, -0.15) is 0 Å². The maximum atomic E-state index is 11.7. The monoisotopic (exact) mass is 302 g/mol. The van der Waals surface area contributed by atoms with E-state index >= 15 is 0 Å². The zero-order valence-electron chi connectivity index (χ0n) is 12.5. The maximum absolute atomic E-state index is 11.7. The van der Waals surface area contributed by atoms with Gasteiger partial charge in [0.05, 0.1) is 19.1 Å². The van der Waals surface area contributed by atoms with E-state index in [0.717, 1.165) is 0 Å². The molecule has 8 heteroatoms. The van der Waals surface area contributed by atoms with Gasteiger partial charge >= 0.3 is 18.0 Å². The fraction of sp³-hybridized carbons (Fsp3) is 0.769. The number of aliphatic carboxylic acids is 1. The maximum Gasteiger partial charge on any atom is 0.326 e. The molecule has 0 aliphatic carbocycles. The molecule has 0 aromatic rings. The van der Waals surface area contributed by atoms with Crippen molar-refractivity contribution in [3.05, 3.63) is 0 Å². The van der Waals surface area contributed by atoms with Crippen LogP contribution < -0.4 is 10.6 Å². The number of carbonyl (C=O) groups is 3. The van der Waals surface area contributed by atoms with Gasteiger partial charge in [0.2, 0.25) is 0 Å². The van der Waals surface area contributed by atoms with Crippen LogP contribution >= 0.6 is 0 Å². The lowest BCUT2D eigenvalue weighted by atomic mass is 10.1. The number of carboxylic acid groups (broad SMARTS) is 1. The van der Waals surface area contributed by atoms with Crippen LogP contribution in [0, 0.1) is 0 Å². The highest BCUT2D eigenvalue weighted by Crippen LogP contribution is 2.09. The van der Waals surface area contributed by atoms with Gasteiger partial charge in [-0.15, -0.1) is 0 Å². The minimum atomic E-state index is -1.33. The number of amides is 2. The van der Waals surface area contributed by atoms with Crippen molar-refractivity contribution >= 4 is 18.0 Å². The zero-order valence-corrected chi connectivity index (χ0v) is 12.5. The fourth-order valence-corrected chi connectivity index (χ4v) is 1.78. The molecular weight excluding hydrogens is 280 g/mol. The molecule has 21 heavy (non-hydrogen) atoms. The highest BCUT2D eigenvalue weighted by molar-refractivity contribution is 5.86. The van der Waals surface area contributed by atoms with E-state index in [1.807, 2.05) is 0 Å². The normalized spacial score (nSPS) is 19.7. The van der Waals surface area contributed by atoms with Crippen molar-refractivity contribution in [2.45, 2.75) is 51.3 Å². The summed E-state index contributed by atoms with van der Waals surface area (Å²) >= 11 is 0. The van der Waals surface area contributed by atoms with Crippen molar-refractivity contribution in [1.29, 1.82) is 0 Å². The summed E-state index contributed by atoms with van der Waals surface area (Å²) in [6.07, 6.45) is 0.248. The molecule has 1 aliphatic rings. The van der Waals surface area contributed by atoms with E-state index in [4.69, 9.17) is 14.6 Å². The number of carboxylic acids is 1. The number of carbonyl (C=O) groups excluding carboxylic acids is 2. The first-order chi connectivity index (χ1) is 9.67. The molecule has 0 saturated carbocycles. The summed E-state index contributed by atoms with van der Waals surface area (Å²) in [5, 5.41) is 13.9. The quantitative estimate of drug-likeness (QED) is 0.628.